The lowest BCUT2D eigenvalue weighted by Gasteiger charge is -2.61. The highest BCUT2D eigenvalue weighted by molar-refractivity contribution is 5.88. The van der Waals surface area contributed by atoms with Crippen LogP contribution in [-0.4, -0.2) is 82.4 Å². The molecule has 4 bridgehead atoms. The molecule has 9 aliphatic rings. The van der Waals surface area contributed by atoms with E-state index in [1.807, 2.05) is 0 Å². The first-order valence-corrected chi connectivity index (χ1v) is 12.6. The Bertz CT molecular complexity index is 991. The Kier molecular flexibility index (Phi) is 3.53. The third kappa shape index (κ3) is 2.14. The molecule has 8 atom stereocenters. The number of piperidine rings is 3. The molecular formula is C25H30N2O5. The van der Waals surface area contributed by atoms with E-state index in [1.165, 1.54) is 18.4 Å². The summed E-state index contributed by atoms with van der Waals surface area (Å²) in [5, 5.41) is 0. The Morgan fingerprint density at radius 2 is 1.44 bits per heavy atom. The predicted molar refractivity (Wildman–Crippen MR) is 113 cm³/mol. The van der Waals surface area contributed by atoms with Gasteiger partial charge in [-0.25, -0.2) is 9.59 Å². The van der Waals surface area contributed by atoms with Crippen LogP contribution >= 0.6 is 0 Å². The van der Waals surface area contributed by atoms with Gasteiger partial charge in [-0.15, -0.1) is 0 Å². The summed E-state index contributed by atoms with van der Waals surface area (Å²) in [7, 11) is 0. The Labute approximate surface area is 187 Å². The molecule has 7 nitrogen and oxygen atoms in total. The topological polar surface area (TPSA) is 68.3 Å². The number of hydrogen-bond acceptors (Lipinski definition) is 7. The molecule has 0 amide bonds. The molecule has 7 heteroatoms. The highest BCUT2D eigenvalue weighted by Crippen LogP contribution is 2.58. The van der Waals surface area contributed by atoms with Crippen molar-refractivity contribution in [2.24, 2.45) is 0 Å². The van der Waals surface area contributed by atoms with E-state index in [0.29, 0.717) is 24.2 Å². The van der Waals surface area contributed by atoms with E-state index in [-0.39, 0.29) is 24.1 Å². The van der Waals surface area contributed by atoms with Crippen LogP contribution in [0.15, 0.2) is 23.3 Å². The van der Waals surface area contributed by atoms with Crippen LogP contribution in [-0.2, 0) is 23.8 Å². The zero-order valence-electron chi connectivity index (χ0n) is 18.3. The van der Waals surface area contributed by atoms with Crippen molar-refractivity contribution >= 4 is 11.9 Å². The SMILES string of the molecule is O=C1C=C2CC(OC3C[C@@]45OC(=O)C=C4C[C@@H]3N3CCCC[C@H]35)[C@@H]3C[C@@]2(O1)[C@H]1CCCN31. The molecule has 0 N–H and O–H groups in total. The van der Waals surface area contributed by atoms with Gasteiger partial charge < -0.3 is 14.2 Å². The molecule has 9 rings (SSSR count). The molecule has 5 saturated heterocycles. The maximum absolute atomic E-state index is 12.3. The quantitative estimate of drug-likeness (QED) is 0.610. The van der Waals surface area contributed by atoms with Crippen molar-refractivity contribution in [3.8, 4) is 0 Å². The van der Waals surface area contributed by atoms with E-state index in [0.717, 1.165) is 63.6 Å². The fourth-order valence-corrected chi connectivity index (χ4v) is 9.01. The summed E-state index contributed by atoms with van der Waals surface area (Å²) in [6.07, 6.45) is 12.7. The Morgan fingerprint density at radius 1 is 0.781 bits per heavy atom. The number of fused-ring (bicyclic) bond motifs is 4. The molecule has 0 aromatic carbocycles. The van der Waals surface area contributed by atoms with Crippen LogP contribution in [0.25, 0.3) is 0 Å². The van der Waals surface area contributed by atoms with Gasteiger partial charge in [0.25, 0.3) is 0 Å². The number of hydrogen-bond donors (Lipinski definition) is 0. The minimum atomic E-state index is -0.479. The normalized spacial score (nSPS) is 50.9. The smallest absolute Gasteiger partial charge is 0.331 e. The zero-order valence-corrected chi connectivity index (χ0v) is 18.3. The van der Waals surface area contributed by atoms with Crippen molar-refractivity contribution in [2.45, 2.75) is 105 Å². The van der Waals surface area contributed by atoms with Crippen molar-refractivity contribution in [1.82, 2.24) is 9.80 Å². The lowest BCUT2D eigenvalue weighted by Crippen LogP contribution is -2.72. The number of rotatable bonds is 2. The molecule has 2 aliphatic carbocycles. The molecule has 2 saturated carbocycles. The van der Waals surface area contributed by atoms with Crippen LogP contribution < -0.4 is 0 Å². The molecule has 2 spiro atoms. The van der Waals surface area contributed by atoms with Gasteiger partial charge in [0.05, 0.1) is 24.3 Å². The average Bonchev–Trinajstić information content (AvgIpc) is 3.51. The van der Waals surface area contributed by atoms with Crippen molar-refractivity contribution < 1.29 is 23.8 Å². The Morgan fingerprint density at radius 3 is 2.25 bits per heavy atom. The van der Waals surface area contributed by atoms with Crippen molar-refractivity contribution in [2.75, 3.05) is 13.1 Å². The summed E-state index contributed by atoms with van der Waals surface area (Å²) in [4.78, 5) is 29.8. The van der Waals surface area contributed by atoms with Gasteiger partial charge in [-0.05, 0) is 56.3 Å². The van der Waals surface area contributed by atoms with Crippen molar-refractivity contribution in [3.63, 3.8) is 0 Å². The molecule has 0 aromatic heterocycles. The van der Waals surface area contributed by atoms with Gasteiger partial charge in [-0.2, -0.15) is 0 Å². The molecular weight excluding hydrogens is 408 g/mol. The van der Waals surface area contributed by atoms with Crippen molar-refractivity contribution in [1.29, 1.82) is 0 Å². The molecule has 0 aromatic rings. The van der Waals surface area contributed by atoms with Crippen LogP contribution in [0.5, 0.6) is 0 Å². The minimum Gasteiger partial charge on any atom is -0.450 e. The van der Waals surface area contributed by atoms with E-state index in [4.69, 9.17) is 14.2 Å². The van der Waals surface area contributed by atoms with E-state index >= 15 is 0 Å². The lowest BCUT2D eigenvalue weighted by atomic mass is 9.64. The molecule has 2 unspecified atom stereocenters. The van der Waals surface area contributed by atoms with Gasteiger partial charge in [0.15, 0.2) is 11.2 Å². The first-order valence-electron chi connectivity index (χ1n) is 12.6. The van der Waals surface area contributed by atoms with Crippen LogP contribution in [0.2, 0.25) is 0 Å². The molecule has 170 valence electrons. The highest BCUT2D eigenvalue weighted by Gasteiger charge is 2.67. The van der Waals surface area contributed by atoms with Gasteiger partial charge >= 0.3 is 11.9 Å². The third-order valence-corrected chi connectivity index (χ3v) is 10.1. The van der Waals surface area contributed by atoms with Gasteiger partial charge in [0.2, 0.25) is 0 Å². The molecule has 0 radical (unpaired) electrons. The van der Waals surface area contributed by atoms with Crippen molar-refractivity contribution in [3.05, 3.63) is 23.3 Å². The second-order valence-electron chi connectivity index (χ2n) is 11.3. The predicted octanol–water partition coefficient (Wildman–Crippen LogP) is 1.86. The fraction of sp³-hybridized carbons (Fsp3) is 0.760. The second-order valence-corrected chi connectivity index (χ2v) is 11.3. The first kappa shape index (κ1) is 18.7. The van der Waals surface area contributed by atoms with Gasteiger partial charge in [-0.1, -0.05) is 6.42 Å². The summed E-state index contributed by atoms with van der Waals surface area (Å²) >= 11 is 0. The number of carbonyl (C=O) groups excluding carboxylic acids is 2. The summed E-state index contributed by atoms with van der Waals surface area (Å²) in [6, 6.07) is 1.25. The first-order chi connectivity index (χ1) is 15.6. The Hall–Kier alpha value is -1.70. The van der Waals surface area contributed by atoms with Gasteiger partial charge in [-0.3, -0.25) is 9.80 Å². The average molecular weight is 439 g/mol. The molecule has 7 heterocycles. The largest absolute Gasteiger partial charge is 0.450 e. The monoisotopic (exact) mass is 438 g/mol. The van der Waals surface area contributed by atoms with E-state index < -0.39 is 11.2 Å². The number of carbonyl (C=O) groups is 2. The van der Waals surface area contributed by atoms with Crippen LogP contribution in [0, 0.1) is 0 Å². The van der Waals surface area contributed by atoms with Crippen LogP contribution in [0.4, 0.5) is 0 Å². The Balaban J connectivity index is 1.13. The highest BCUT2D eigenvalue weighted by atomic mass is 16.6. The van der Waals surface area contributed by atoms with Gasteiger partial charge in [0.1, 0.15) is 0 Å². The maximum atomic E-state index is 12.3. The molecule has 32 heavy (non-hydrogen) atoms. The summed E-state index contributed by atoms with van der Waals surface area (Å²) in [6.45, 7) is 2.14. The molecule has 7 fully saturated rings. The van der Waals surface area contributed by atoms with Crippen LogP contribution in [0.3, 0.4) is 0 Å². The number of nitrogens with zero attached hydrogens (tertiary/aromatic N) is 2. The standard InChI is InChI=1S/C25H30N2O5/c28-22-10-14-8-16-19(13-25(14,32-22)20-4-1-2-6-26(16)20)30-18-9-15-11-23(29)31-24(15)12-17(18)27-7-3-5-21(24)27/h10-11,16-21H,1-9,12-13H2/t16-,17-,18?,19?,20-,21+,24-,25+/m0/s1. The summed E-state index contributed by atoms with van der Waals surface area (Å²) in [5.74, 6) is -0.343. The van der Waals surface area contributed by atoms with E-state index in [1.54, 1.807) is 12.2 Å². The summed E-state index contributed by atoms with van der Waals surface area (Å²) < 4.78 is 19.1. The third-order valence-electron chi connectivity index (χ3n) is 10.1. The van der Waals surface area contributed by atoms with E-state index in [2.05, 4.69) is 9.80 Å². The van der Waals surface area contributed by atoms with Gasteiger partial charge in [0, 0.05) is 43.5 Å². The lowest BCUT2D eigenvalue weighted by molar-refractivity contribution is -0.208. The van der Waals surface area contributed by atoms with E-state index in [9.17, 15) is 9.59 Å². The minimum absolute atomic E-state index is 0.0603. The fourth-order valence-electron chi connectivity index (χ4n) is 9.01. The summed E-state index contributed by atoms with van der Waals surface area (Å²) in [5.41, 5.74) is 1.49. The zero-order chi connectivity index (χ0) is 21.2. The number of esters is 2. The maximum Gasteiger partial charge on any atom is 0.331 e. The molecule has 7 aliphatic heterocycles. The second kappa shape index (κ2) is 6.05. The number of ether oxygens (including phenoxy) is 3. The van der Waals surface area contributed by atoms with Crippen LogP contribution in [0.1, 0.15) is 57.8 Å².